The molecular formula is C21H16ClN3O3S3. The number of benzene rings is 1. The molecular weight excluding hydrogens is 474 g/mol. The molecule has 0 atom stereocenters. The van der Waals surface area contributed by atoms with Crippen molar-refractivity contribution in [2.45, 2.75) is 12.8 Å². The highest BCUT2D eigenvalue weighted by molar-refractivity contribution is 8.26. The molecule has 1 aliphatic rings. The summed E-state index contributed by atoms with van der Waals surface area (Å²) in [5.41, 5.74) is 1.11. The van der Waals surface area contributed by atoms with Crippen molar-refractivity contribution in [2.24, 2.45) is 0 Å². The second-order valence-corrected chi connectivity index (χ2v) is 9.81. The zero-order valence-electron chi connectivity index (χ0n) is 16.0. The van der Waals surface area contributed by atoms with Crippen LogP contribution in [0.4, 0.5) is 5.13 Å². The molecule has 10 heteroatoms. The molecule has 31 heavy (non-hydrogen) atoms. The van der Waals surface area contributed by atoms with Crippen LogP contribution in [0.25, 0.3) is 6.08 Å². The molecule has 0 spiro atoms. The lowest BCUT2D eigenvalue weighted by atomic mass is 10.1. The Morgan fingerprint density at radius 2 is 2.10 bits per heavy atom. The summed E-state index contributed by atoms with van der Waals surface area (Å²) in [5.74, 6) is 0.131. The van der Waals surface area contributed by atoms with E-state index in [0.29, 0.717) is 31.6 Å². The first-order valence-electron chi connectivity index (χ1n) is 9.26. The fourth-order valence-electron chi connectivity index (χ4n) is 2.84. The molecule has 0 saturated carbocycles. The van der Waals surface area contributed by atoms with Crippen LogP contribution in [-0.2, 0) is 16.0 Å². The topological polar surface area (TPSA) is 75.4 Å². The van der Waals surface area contributed by atoms with Crippen LogP contribution >= 0.6 is 46.9 Å². The van der Waals surface area contributed by atoms with Crippen LogP contribution < -0.4 is 5.32 Å². The number of thioether (sulfide) groups is 1. The van der Waals surface area contributed by atoms with Gasteiger partial charge in [0.1, 0.15) is 10.1 Å². The van der Waals surface area contributed by atoms with Crippen molar-refractivity contribution in [3.63, 3.8) is 0 Å². The van der Waals surface area contributed by atoms with E-state index in [9.17, 15) is 9.59 Å². The number of anilines is 1. The van der Waals surface area contributed by atoms with Gasteiger partial charge in [-0.3, -0.25) is 14.5 Å². The second-order valence-electron chi connectivity index (χ2n) is 6.58. The Kier molecular flexibility index (Phi) is 6.86. The van der Waals surface area contributed by atoms with E-state index in [2.05, 4.69) is 10.3 Å². The minimum absolute atomic E-state index is 0.118. The van der Waals surface area contributed by atoms with Gasteiger partial charge in [0.25, 0.3) is 5.91 Å². The Morgan fingerprint density at radius 1 is 1.29 bits per heavy atom. The van der Waals surface area contributed by atoms with E-state index in [1.54, 1.807) is 24.4 Å². The first-order valence-corrected chi connectivity index (χ1v) is 11.7. The molecule has 1 aliphatic heterocycles. The number of carbonyl (C=O) groups is 2. The van der Waals surface area contributed by atoms with Gasteiger partial charge in [-0.2, -0.15) is 0 Å². The Bertz CT molecular complexity index is 1140. The largest absolute Gasteiger partial charge is 0.465 e. The zero-order valence-corrected chi connectivity index (χ0v) is 19.2. The SMILES string of the molecule is O=C(CCN1C(=O)/C(=C\c2ccco2)SC1=S)Nc1ncc(Cc2ccc(Cl)cc2)s1. The molecule has 3 heterocycles. The van der Waals surface area contributed by atoms with Crippen LogP contribution in [-0.4, -0.2) is 32.6 Å². The Morgan fingerprint density at radius 3 is 2.84 bits per heavy atom. The lowest BCUT2D eigenvalue weighted by Gasteiger charge is -2.13. The standard InChI is InChI=1S/C21H16ClN3O3S3/c22-14-5-3-13(4-6-14)10-16-12-23-20(30-16)24-18(26)7-8-25-19(27)17(31-21(25)29)11-15-2-1-9-28-15/h1-6,9,11-12H,7-8,10H2,(H,23,24,26)/b17-11+. The third kappa shape index (κ3) is 5.62. The summed E-state index contributed by atoms with van der Waals surface area (Å²) in [4.78, 5) is 32.1. The number of thiocarbonyl (C=S) groups is 1. The maximum atomic E-state index is 12.6. The third-order valence-electron chi connectivity index (χ3n) is 4.34. The van der Waals surface area contributed by atoms with Gasteiger partial charge in [-0.25, -0.2) is 4.98 Å². The predicted molar refractivity (Wildman–Crippen MR) is 128 cm³/mol. The van der Waals surface area contributed by atoms with Crippen molar-refractivity contribution in [3.05, 3.63) is 75.0 Å². The van der Waals surface area contributed by atoms with Crippen LogP contribution in [0, 0.1) is 0 Å². The van der Waals surface area contributed by atoms with Crippen molar-refractivity contribution in [1.29, 1.82) is 0 Å². The molecule has 158 valence electrons. The number of furan rings is 1. The van der Waals surface area contributed by atoms with Crippen LogP contribution in [0.15, 0.2) is 58.2 Å². The van der Waals surface area contributed by atoms with E-state index < -0.39 is 0 Å². The van der Waals surface area contributed by atoms with Crippen molar-refractivity contribution in [1.82, 2.24) is 9.88 Å². The maximum absolute atomic E-state index is 12.6. The van der Waals surface area contributed by atoms with E-state index in [4.69, 9.17) is 28.2 Å². The number of hydrogen-bond acceptors (Lipinski definition) is 7. The van der Waals surface area contributed by atoms with Gasteiger partial charge in [-0.1, -0.05) is 47.7 Å². The molecule has 1 saturated heterocycles. The number of aromatic nitrogens is 1. The van der Waals surface area contributed by atoms with Crippen molar-refractivity contribution in [2.75, 3.05) is 11.9 Å². The molecule has 2 amide bonds. The number of amides is 2. The minimum Gasteiger partial charge on any atom is -0.465 e. The number of thiazole rings is 1. The van der Waals surface area contributed by atoms with Gasteiger partial charge >= 0.3 is 0 Å². The van der Waals surface area contributed by atoms with E-state index in [-0.39, 0.29) is 24.8 Å². The number of carbonyl (C=O) groups excluding carboxylic acids is 2. The molecule has 2 aromatic heterocycles. The number of rotatable bonds is 7. The monoisotopic (exact) mass is 489 g/mol. The molecule has 3 aromatic rings. The van der Waals surface area contributed by atoms with Gasteiger partial charge in [-0.05, 0) is 29.8 Å². The highest BCUT2D eigenvalue weighted by Crippen LogP contribution is 2.32. The molecule has 4 rings (SSSR count). The summed E-state index contributed by atoms with van der Waals surface area (Å²) in [7, 11) is 0. The lowest BCUT2D eigenvalue weighted by molar-refractivity contribution is -0.122. The summed E-state index contributed by atoms with van der Waals surface area (Å²) >= 11 is 13.8. The molecule has 0 radical (unpaired) electrons. The van der Waals surface area contributed by atoms with Crippen LogP contribution in [0.1, 0.15) is 22.6 Å². The highest BCUT2D eigenvalue weighted by Gasteiger charge is 2.32. The third-order valence-corrected chi connectivity index (χ3v) is 6.89. The van der Waals surface area contributed by atoms with Gasteiger partial charge in [-0.15, -0.1) is 11.3 Å². The van der Waals surface area contributed by atoms with Gasteiger partial charge in [0.05, 0.1) is 11.2 Å². The molecule has 1 fully saturated rings. The smallest absolute Gasteiger partial charge is 0.266 e. The summed E-state index contributed by atoms with van der Waals surface area (Å²) < 4.78 is 5.67. The van der Waals surface area contributed by atoms with E-state index in [0.717, 1.165) is 10.4 Å². The number of halogens is 1. The first kappa shape index (κ1) is 21.8. The Labute approximate surface area is 197 Å². The Hall–Kier alpha value is -2.46. The average molecular weight is 490 g/mol. The van der Waals surface area contributed by atoms with Crippen molar-refractivity contribution in [3.8, 4) is 0 Å². The molecule has 1 aromatic carbocycles. The van der Waals surface area contributed by atoms with Gasteiger partial charge in [0.15, 0.2) is 5.13 Å². The number of hydrogen-bond donors (Lipinski definition) is 1. The van der Waals surface area contributed by atoms with Crippen molar-refractivity contribution < 1.29 is 14.0 Å². The quantitative estimate of drug-likeness (QED) is 0.362. The van der Waals surface area contributed by atoms with Gasteiger partial charge in [0.2, 0.25) is 5.91 Å². The van der Waals surface area contributed by atoms with E-state index in [1.165, 1.54) is 34.3 Å². The molecule has 0 bridgehead atoms. The normalized spacial score (nSPS) is 15.1. The number of nitrogens with one attached hydrogen (secondary N) is 1. The zero-order chi connectivity index (χ0) is 21.8. The second kappa shape index (κ2) is 9.78. The minimum atomic E-state index is -0.226. The maximum Gasteiger partial charge on any atom is 0.266 e. The van der Waals surface area contributed by atoms with Gasteiger partial charge in [0, 0.05) is 41.6 Å². The molecule has 0 unspecified atom stereocenters. The van der Waals surface area contributed by atoms with E-state index >= 15 is 0 Å². The lowest BCUT2D eigenvalue weighted by Crippen LogP contribution is -2.31. The van der Waals surface area contributed by atoms with Crippen LogP contribution in [0.5, 0.6) is 0 Å². The summed E-state index contributed by atoms with van der Waals surface area (Å²) in [6.07, 6.45) is 5.76. The summed E-state index contributed by atoms with van der Waals surface area (Å²) in [6.45, 7) is 0.203. The van der Waals surface area contributed by atoms with E-state index in [1.807, 2.05) is 24.3 Å². The van der Waals surface area contributed by atoms with Crippen LogP contribution in [0.3, 0.4) is 0 Å². The highest BCUT2D eigenvalue weighted by atomic mass is 35.5. The molecule has 6 nitrogen and oxygen atoms in total. The first-order chi connectivity index (χ1) is 15.0. The summed E-state index contributed by atoms with van der Waals surface area (Å²) in [6, 6.07) is 11.1. The number of nitrogens with zero attached hydrogens (tertiary/aromatic N) is 2. The summed E-state index contributed by atoms with van der Waals surface area (Å²) in [5, 5.41) is 4.01. The van der Waals surface area contributed by atoms with Gasteiger partial charge < -0.3 is 9.73 Å². The van der Waals surface area contributed by atoms with Crippen LogP contribution in [0.2, 0.25) is 5.02 Å². The van der Waals surface area contributed by atoms with Crippen molar-refractivity contribution >= 4 is 74.3 Å². The fourth-order valence-corrected chi connectivity index (χ4v) is 5.12. The molecule has 1 N–H and O–H groups in total. The molecule has 0 aliphatic carbocycles. The fraction of sp³-hybridized carbons (Fsp3) is 0.143. The Balaban J connectivity index is 1.29. The average Bonchev–Trinajstić information content (AvgIpc) is 3.46. The predicted octanol–water partition coefficient (Wildman–Crippen LogP) is 5.21.